The number of hydrogen-bond donors (Lipinski definition) is 0. The van der Waals surface area contributed by atoms with Crippen LogP contribution in [0.25, 0.3) is 11.3 Å². The second-order valence-corrected chi connectivity index (χ2v) is 6.37. The number of pyridine rings is 1. The largest absolute Gasteiger partial charge is 0.370 e. The lowest BCUT2D eigenvalue weighted by molar-refractivity contribution is 0.275. The van der Waals surface area contributed by atoms with Gasteiger partial charge in [0.1, 0.15) is 0 Å². The zero-order chi connectivity index (χ0) is 16.9. The summed E-state index contributed by atoms with van der Waals surface area (Å²) in [5.74, 6) is 0.837. The fourth-order valence-corrected chi connectivity index (χ4v) is 3.30. The summed E-state index contributed by atoms with van der Waals surface area (Å²) < 4.78 is 5.52. The van der Waals surface area contributed by atoms with Gasteiger partial charge in [-0.1, -0.05) is 35.5 Å². The van der Waals surface area contributed by atoms with Crippen LogP contribution in [-0.2, 0) is 6.54 Å². The molecule has 5 nitrogen and oxygen atoms in total. The minimum absolute atomic E-state index is 0.834. The van der Waals surface area contributed by atoms with Gasteiger partial charge in [0.05, 0.1) is 5.69 Å². The van der Waals surface area contributed by atoms with Gasteiger partial charge < -0.3 is 9.42 Å². The quantitative estimate of drug-likeness (QED) is 0.731. The maximum Gasteiger partial charge on any atom is 0.167 e. The number of hydrogen-bond acceptors (Lipinski definition) is 5. The molecule has 0 bridgehead atoms. The van der Waals surface area contributed by atoms with E-state index in [9.17, 15) is 0 Å². The van der Waals surface area contributed by atoms with Gasteiger partial charge in [-0.15, -0.1) is 0 Å². The molecule has 3 heterocycles. The second-order valence-electron chi connectivity index (χ2n) is 6.37. The Hall–Kier alpha value is -2.66. The van der Waals surface area contributed by atoms with Crippen molar-refractivity contribution in [3.05, 3.63) is 66.6 Å². The molecule has 1 saturated heterocycles. The number of benzene rings is 1. The number of anilines is 1. The molecule has 0 saturated carbocycles. The maximum absolute atomic E-state index is 5.52. The van der Waals surface area contributed by atoms with Crippen molar-refractivity contribution >= 4 is 5.69 Å². The summed E-state index contributed by atoms with van der Waals surface area (Å²) in [6.45, 7) is 5.04. The lowest BCUT2D eigenvalue weighted by Crippen LogP contribution is -2.30. The van der Waals surface area contributed by atoms with Gasteiger partial charge in [0.25, 0.3) is 0 Å². The predicted molar refractivity (Wildman–Crippen MR) is 98.3 cm³/mol. The van der Waals surface area contributed by atoms with E-state index >= 15 is 0 Å². The minimum Gasteiger partial charge on any atom is -0.370 e. The van der Waals surface area contributed by atoms with E-state index in [1.807, 2.05) is 42.7 Å². The monoisotopic (exact) mass is 334 g/mol. The molecule has 0 aliphatic carbocycles. The molecule has 128 valence electrons. The highest BCUT2D eigenvalue weighted by molar-refractivity contribution is 5.56. The first-order valence-electron chi connectivity index (χ1n) is 8.77. The first kappa shape index (κ1) is 15.8. The summed E-state index contributed by atoms with van der Waals surface area (Å²) in [6, 6.07) is 16.3. The van der Waals surface area contributed by atoms with Gasteiger partial charge in [-0.25, -0.2) is 0 Å². The van der Waals surface area contributed by atoms with E-state index in [-0.39, 0.29) is 0 Å². The Bertz CT molecular complexity index is 788. The van der Waals surface area contributed by atoms with Crippen molar-refractivity contribution in [3.63, 3.8) is 0 Å². The van der Waals surface area contributed by atoms with Crippen molar-refractivity contribution in [3.8, 4) is 11.3 Å². The Balaban J connectivity index is 1.38. The van der Waals surface area contributed by atoms with Crippen LogP contribution >= 0.6 is 0 Å². The van der Waals surface area contributed by atoms with Gasteiger partial charge in [-0.05, 0) is 18.6 Å². The predicted octanol–water partition coefficient (Wildman–Crippen LogP) is 3.45. The van der Waals surface area contributed by atoms with Crippen LogP contribution in [0.3, 0.4) is 0 Å². The molecule has 0 spiro atoms. The molecule has 2 aromatic heterocycles. The molecule has 0 amide bonds. The molecule has 1 aliphatic heterocycles. The summed E-state index contributed by atoms with van der Waals surface area (Å²) in [7, 11) is 0. The fraction of sp³-hybridized carbons (Fsp3) is 0.300. The first-order chi connectivity index (χ1) is 12.4. The van der Waals surface area contributed by atoms with E-state index in [0.29, 0.717) is 0 Å². The van der Waals surface area contributed by atoms with E-state index in [1.54, 1.807) is 0 Å². The summed E-state index contributed by atoms with van der Waals surface area (Å²) >= 11 is 0. The summed E-state index contributed by atoms with van der Waals surface area (Å²) in [6.07, 6.45) is 4.86. The minimum atomic E-state index is 0.834. The highest BCUT2D eigenvalue weighted by Gasteiger charge is 2.17. The van der Waals surface area contributed by atoms with Gasteiger partial charge in [0.2, 0.25) is 0 Å². The van der Waals surface area contributed by atoms with Gasteiger partial charge >= 0.3 is 0 Å². The Morgan fingerprint density at radius 2 is 1.76 bits per heavy atom. The van der Waals surface area contributed by atoms with E-state index in [4.69, 9.17) is 4.52 Å². The molecular formula is C20H22N4O. The molecule has 5 heteroatoms. The molecule has 0 N–H and O–H groups in total. The molecule has 0 unspecified atom stereocenters. The van der Waals surface area contributed by atoms with Crippen LogP contribution in [0.5, 0.6) is 0 Å². The second kappa shape index (κ2) is 7.49. The molecule has 25 heavy (non-hydrogen) atoms. The molecule has 3 aromatic rings. The highest BCUT2D eigenvalue weighted by atomic mass is 16.5. The van der Waals surface area contributed by atoms with E-state index in [0.717, 1.165) is 56.2 Å². The van der Waals surface area contributed by atoms with Gasteiger partial charge in [0, 0.05) is 62.4 Å². The van der Waals surface area contributed by atoms with Crippen molar-refractivity contribution in [2.75, 3.05) is 31.1 Å². The number of rotatable bonds is 4. The zero-order valence-corrected chi connectivity index (χ0v) is 14.2. The number of nitrogens with zero attached hydrogens (tertiary/aromatic N) is 4. The molecule has 1 fully saturated rings. The van der Waals surface area contributed by atoms with Crippen molar-refractivity contribution in [2.45, 2.75) is 13.0 Å². The van der Waals surface area contributed by atoms with Crippen LogP contribution < -0.4 is 4.90 Å². The van der Waals surface area contributed by atoms with Crippen LogP contribution in [-0.4, -0.2) is 41.2 Å². The lowest BCUT2D eigenvalue weighted by atomic mass is 10.1. The lowest BCUT2D eigenvalue weighted by Gasteiger charge is -2.23. The van der Waals surface area contributed by atoms with Crippen LogP contribution in [0.4, 0.5) is 5.69 Å². The Morgan fingerprint density at radius 1 is 0.920 bits per heavy atom. The standard InChI is InChI=1S/C20H22N4O/c1-2-5-17(6-3-1)20-15-18(22-25-20)16-23-11-4-12-24(14-13-23)19-7-9-21-10-8-19/h1-3,5-10,15H,4,11-14,16H2. The molecule has 4 rings (SSSR count). The smallest absolute Gasteiger partial charge is 0.167 e. The summed E-state index contributed by atoms with van der Waals surface area (Å²) in [5, 5.41) is 4.26. The molecule has 0 radical (unpaired) electrons. The Kier molecular flexibility index (Phi) is 4.74. The van der Waals surface area contributed by atoms with Crippen molar-refractivity contribution in [1.82, 2.24) is 15.0 Å². The zero-order valence-electron chi connectivity index (χ0n) is 14.2. The van der Waals surface area contributed by atoms with Crippen LogP contribution in [0.2, 0.25) is 0 Å². The van der Waals surface area contributed by atoms with Crippen LogP contribution in [0.1, 0.15) is 12.1 Å². The van der Waals surface area contributed by atoms with Gasteiger partial charge in [-0.2, -0.15) is 0 Å². The van der Waals surface area contributed by atoms with Crippen molar-refractivity contribution in [2.24, 2.45) is 0 Å². The summed E-state index contributed by atoms with van der Waals surface area (Å²) in [4.78, 5) is 8.99. The maximum atomic E-state index is 5.52. The highest BCUT2D eigenvalue weighted by Crippen LogP contribution is 2.21. The third-order valence-electron chi connectivity index (χ3n) is 4.62. The van der Waals surface area contributed by atoms with Crippen molar-refractivity contribution < 1.29 is 4.52 Å². The SMILES string of the molecule is c1ccc(-c2cc(CN3CCCN(c4ccncc4)CC3)no2)cc1. The number of aromatic nitrogens is 2. The Morgan fingerprint density at radius 3 is 2.60 bits per heavy atom. The molecule has 1 aromatic carbocycles. The fourth-order valence-electron chi connectivity index (χ4n) is 3.30. The first-order valence-corrected chi connectivity index (χ1v) is 8.77. The topological polar surface area (TPSA) is 45.4 Å². The average molecular weight is 334 g/mol. The van der Waals surface area contributed by atoms with Crippen LogP contribution in [0.15, 0.2) is 65.4 Å². The summed E-state index contributed by atoms with van der Waals surface area (Å²) in [5.41, 5.74) is 3.32. The van der Waals surface area contributed by atoms with Gasteiger partial charge in [-0.3, -0.25) is 9.88 Å². The normalized spacial score (nSPS) is 15.9. The average Bonchev–Trinajstić information content (AvgIpc) is 3.01. The van der Waals surface area contributed by atoms with Crippen LogP contribution in [0, 0.1) is 0 Å². The molecule has 0 atom stereocenters. The Labute approximate surface area is 147 Å². The van der Waals surface area contributed by atoms with E-state index < -0.39 is 0 Å². The third kappa shape index (κ3) is 3.88. The van der Waals surface area contributed by atoms with Crippen molar-refractivity contribution in [1.29, 1.82) is 0 Å². The van der Waals surface area contributed by atoms with Gasteiger partial charge in [0.15, 0.2) is 5.76 Å². The van der Waals surface area contributed by atoms with E-state index in [1.165, 1.54) is 5.69 Å². The molecular weight excluding hydrogens is 312 g/mol. The van der Waals surface area contributed by atoms with E-state index in [2.05, 4.69) is 38.1 Å². The molecule has 1 aliphatic rings. The third-order valence-corrected chi connectivity index (χ3v) is 4.62.